The SMILES string of the molecule is CCOC(=O)c1c(-c2ccc(C)cc2)csc1NC(=O)C1CC=CCC1C(=O)[O-]. The van der Waals surface area contributed by atoms with Gasteiger partial charge in [0, 0.05) is 22.8 Å². The third-order valence-electron chi connectivity index (χ3n) is 4.94. The number of hydrogen-bond acceptors (Lipinski definition) is 6. The number of carbonyl (C=O) groups excluding carboxylic acids is 3. The van der Waals surface area contributed by atoms with Crippen LogP contribution in [0.5, 0.6) is 0 Å². The lowest BCUT2D eigenvalue weighted by atomic mass is 9.82. The van der Waals surface area contributed by atoms with Crippen molar-refractivity contribution in [1.29, 1.82) is 0 Å². The van der Waals surface area contributed by atoms with Crippen LogP contribution in [0, 0.1) is 18.8 Å². The number of carboxylic acid groups (broad SMARTS) is 1. The summed E-state index contributed by atoms with van der Waals surface area (Å²) < 4.78 is 5.20. The first-order valence-corrected chi connectivity index (χ1v) is 10.3. The number of thiophene rings is 1. The van der Waals surface area contributed by atoms with E-state index in [1.807, 2.05) is 31.2 Å². The number of aliphatic carboxylic acids is 1. The summed E-state index contributed by atoms with van der Waals surface area (Å²) in [6.07, 6.45) is 4.11. The summed E-state index contributed by atoms with van der Waals surface area (Å²) in [6.45, 7) is 3.89. The van der Waals surface area contributed by atoms with E-state index in [1.54, 1.807) is 24.5 Å². The molecular weight excluding hydrogens is 390 g/mol. The topological polar surface area (TPSA) is 95.5 Å². The summed E-state index contributed by atoms with van der Waals surface area (Å²) in [5.41, 5.74) is 2.88. The molecule has 1 aliphatic rings. The number of hydrogen-bond donors (Lipinski definition) is 1. The van der Waals surface area contributed by atoms with Crippen molar-refractivity contribution in [3.8, 4) is 11.1 Å². The zero-order valence-corrected chi connectivity index (χ0v) is 17.1. The molecule has 29 heavy (non-hydrogen) atoms. The highest BCUT2D eigenvalue weighted by molar-refractivity contribution is 7.15. The molecule has 0 fully saturated rings. The molecule has 2 unspecified atom stereocenters. The van der Waals surface area contributed by atoms with Crippen LogP contribution in [0.3, 0.4) is 0 Å². The summed E-state index contributed by atoms with van der Waals surface area (Å²) in [7, 11) is 0. The van der Waals surface area contributed by atoms with Gasteiger partial charge in [0.1, 0.15) is 10.6 Å². The number of benzene rings is 1. The van der Waals surface area contributed by atoms with Crippen molar-refractivity contribution < 1.29 is 24.2 Å². The minimum Gasteiger partial charge on any atom is -0.550 e. The fourth-order valence-electron chi connectivity index (χ4n) is 3.37. The van der Waals surface area contributed by atoms with Gasteiger partial charge in [0.15, 0.2) is 0 Å². The second-order valence-electron chi connectivity index (χ2n) is 6.90. The molecule has 0 aliphatic heterocycles. The predicted octanol–water partition coefficient (Wildman–Crippen LogP) is 3.17. The molecule has 1 amide bonds. The van der Waals surface area contributed by atoms with Crippen LogP contribution in [-0.2, 0) is 14.3 Å². The van der Waals surface area contributed by atoms with Gasteiger partial charge in [-0.25, -0.2) is 4.79 Å². The maximum absolute atomic E-state index is 12.8. The average Bonchev–Trinajstić information content (AvgIpc) is 3.12. The molecule has 0 saturated carbocycles. The molecule has 2 aromatic rings. The van der Waals surface area contributed by atoms with Crippen LogP contribution in [0.4, 0.5) is 5.00 Å². The largest absolute Gasteiger partial charge is 0.550 e. The Balaban J connectivity index is 1.93. The van der Waals surface area contributed by atoms with E-state index in [9.17, 15) is 19.5 Å². The van der Waals surface area contributed by atoms with Crippen molar-refractivity contribution in [3.63, 3.8) is 0 Å². The lowest BCUT2D eigenvalue weighted by Crippen LogP contribution is -2.41. The van der Waals surface area contributed by atoms with Crippen LogP contribution in [0.15, 0.2) is 41.8 Å². The second kappa shape index (κ2) is 9.05. The molecular formula is C22H22NO5S-. The van der Waals surface area contributed by atoms with E-state index in [2.05, 4.69) is 5.32 Å². The number of esters is 1. The summed E-state index contributed by atoms with van der Waals surface area (Å²) in [5, 5.41) is 16.3. The quantitative estimate of drug-likeness (QED) is 0.581. The zero-order chi connectivity index (χ0) is 21.0. The van der Waals surface area contributed by atoms with E-state index < -0.39 is 29.7 Å². The standard InChI is InChI=1S/C22H23NO5S/c1-3-28-22(27)18-17(14-10-8-13(2)9-11-14)12-29-20(18)23-19(24)15-6-4-5-7-16(15)21(25)26/h4-5,8-12,15-16H,3,6-7H2,1-2H3,(H,23,24)(H,25,26)/p-1. The number of nitrogens with one attached hydrogen (secondary N) is 1. The molecule has 1 heterocycles. The number of carbonyl (C=O) groups is 3. The van der Waals surface area contributed by atoms with E-state index in [1.165, 1.54) is 11.3 Å². The first kappa shape index (κ1) is 20.8. The Hall–Kier alpha value is -2.93. The Morgan fingerprint density at radius 2 is 1.79 bits per heavy atom. The first-order valence-electron chi connectivity index (χ1n) is 9.44. The van der Waals surface area contributed by atoms with E-state index >= 15 is 0 Å². The van der Waals surface area contributed by atoms with E-state index in [0.29, 0.717) is 17.0 Å². The van der Waals surface area contributed by atoms with Crippen LogP contribution < -0.4 is 10.4 Å². The van der Waals surface area contributed by atoms with Crippen molar-refractivity contribution in [2.45, 2.75) is 26.7 Å². The molecule has 152 valence electrons. The highest BCUT2D eigenvalue weighted by atomic mass is 32.1. The van der Waals surface area contributed by atoms with Crippen molar-refractivity contribution in [3.05, 3.63) is 52.9 Å². The number of rotatable bonds is 6. The van der Waals surface area contributed by atoms with Crippen molar-refractivity contribution in [2.24, 2.45) is 11.8 Å². The lowest BCUT2D eigenvalue weighted by molar-refractivity contribution is -0.313. The van der Waals surface area contributed by atoms with Crippen molar-refractivity contribution in [2.75, 3.05) is 11.9 Å². The molecule has 1 aromatic carbocycles. The van der Waals surface area contributed by atoms with Gasteiger partial charge in [-0.2, -0.15) is 0 Å². The summed E-state index contributed by atoms with van der Waals surface area (Å²) in [5.74, 6) is -3.84. The number of ether oxygens (including phenoxy) is 1. The smallest absolute Gasteiger partial charge is 0.341 e. The fourth-order valence-corrected chi connectivity index (χ4v) is 4.33. The molecule has 2 atom stereocenters. The number of allylic oxidation sites excluding steroid dienone is 2. The van der Waals surface area contributed by atoms with Gasteiger partial charge in [-0.15, -0.1) is 11.3 Å². The van der Waals surface area contributed by atoms with Gasteiger partial charge in [0.05, 0.1) is 12.5 Å². The average molecular weight is 412 g/mol. The van der Waals surface area contributed by atoms with Gasteiger partial charge in [0.2, 0.25) is 5.91 Å². The summed E-state index contributed by atoms with van der Waals surface area (Å²) >= 11 is 1.22. The molecule has 0 radical (unpaired) electrons. The molecule has 1 N–H and O–H groups in total. The number of aryl methyl sites for hydroxylation is 1. The number of carboxylic acids is 1. The lowest BCUT2D eigenvalue weighted by Gasteiger charge is -2.28. The molecule has 1 aromatic heterocycles. The van der Waals surface area contributed by atoms with Gasteiger partial charge in [-0.05, 0) is 32.3 Å². The van der Waals surface area contributed by atoms with E-state index in [-0.39, 0.29) is 18.6 Å². The maximum atomic E-state index is 12.8. The fraction of sp³-hybridized carbons (Fsp3) is 0.318. The summed E-state index contributed by atoms with van der Waals surface area (Å²) in [6, 6.07) is 7.70. The Bertz CT molecular complexity index is 945. The Labute approximate surface area is 173 Å². The van der Waals surface area contributed by atoms with Gasteiger partial charge >= 0.3 is 5.97 Å². The van der Waals surface area contributed by atoms with Gasteiger partial charge in [-0.3, -0.25) is 4.79 Å². The van der Waals surface area contributed by atoms with Crippen LogP contribution in [0.2, 0.25) is 0 Å². The van der Waals surface area contributed by atoms with Crippen LogP contribution >= 0.6 is 11.3 Å². The first-order chi connectivity index (χ1) is 13.9. The van der Waals surface area contributed by atoms with E-state index in [4.69, 9.17) is 4.74 Å². The maximum Gasteiger partial charge on any atom is 0.341 e. The van der Waals surface area contributed by atoms with Gasteiger partial charge in [0.25, 0.3) is 0 Å². The van der Waals surface area contributed by atoms with Crippen molar-refractivity contribution >= 4 is 34.2 Å². The zero-order valence-electron chi connectivity index (χ0n) is 16.3. The number of amides is 1. The van der Waals surface area contributed by atoms with Gasteiger partial charge < -0.3 is 20.0 Å². The van der Waals surface area contributed by atoms with Crippen molar-refractivity contribution in [1.82, 2.24) is 0 Å². The molecule has 0 spiro atoms. The summed E-state index contributed by atoms with van der Waals surface area (Å²) in [4.78, 5) is 36.9. The normalized spacial score (nSPS) is 18.3. The number of anilines is 1. The van der Waals surface area contributed by atoms with E-state index in [0.717, 1.165) is 11.1 Å². The third kappa shape index (κ3) is 4.56. The molecule has 1 aliphatic carbocycles. The molecule has 0 bridgehead atoms. The minimum absolute atomic E-state index is 0.204. The molecule has 6 nitrogen and oxygen atoms in total. The predicted molar refractivity (Wildman–Crippen MR) is 109 cm³/mol. The highest BCUT2D eigenvalue weighted by Gasteiger charge is 2.31. The molecule has 7 heteroatoms. The molecule has 3 rings (SSSR count). The van der Waals surface area contributed by atoms with Crippen LogP contribution in [-0.4, -0.2) is 24.5 Å². The monoisotopic (exact) mass is 412 g/mol. The van der Waals surface area contributed by atoms with Crippen LogP contribution in [0.1, 0.15) is 35.7 Å². The molecule has 0 saturated heterocycles. The second-order valence-corrected chi connectivity index (χ2v) is 7.78. The van der Waals surface area contributed by atoms with Gasteiger partial charge in [-0.1, -0.05) is 42.0 Å². The minimum atomic E-state index is -1.24. The highest BCUT2D eigenvalue weighted by Crippen LogP contribution is 2.37. The Morgan fingerprint density at radius 1 is 1.14 bits per heavy atom. The Kier molecular flexibility index (Phi) is 6.49. The third-order valence-corrected chi connectivity index (χ3v) is 5.84. The Morgan fingerprint density at radius 3 is 2.41 bits per heavy atom. The van der Waals surface area contributed by atoms with Crippen LogP contribution in [0.25, 0.3) is 11.1 Å².